The topological polar surface area (TPSA) is 90.0 Å². The zero-order valence-electron chi connectivity index (χ0n) is 20.8. The molecule has 0 fully saturated rings. The molecule has 8 nitrogen and oxygen atoms in total. The highest BCUT2D eigenvalue weighted by Crippen LogP contribution is 2.30. The van der Waals surface area contributed by atoms with Crippen molar-refractivity contribution in [2.45, 2.75) is 25.1 Å². The normalized spacial score (nSPS) is 11.4. The van der Waals surface area contributed by atoms with Crippen LogP contribution in [0.3, 0.4) is 0 Å². The standard InChI is InChI=1S/C27H30BrN3O5/c1-5-36-22-10-6-19(7-11-22)26-23(14-15-25(30-26)35-4)29-24(32)16-17-31(27(33)18(2)28)20-8-12-21(34-3)13-9-20/h6-15,18H,5,16-17H2,1-4H3,(H,29,32). The highest BCUT2D eigenvalue weighted by Gasteiger charge is 2.21. The minimum Gasteiger partial charge on any atom is -0.497 e. The van der Waals surface area contributed by atoms with Crippen LogP contribution in [0.2, 0.25) is 0 Å². The molecule has 0 aliphatic rings. The summed E-state index contributed by atoms with van der Waals surface area (Å²) in [5.74, 6) is 1.47. The molecule has 3 rings (SSSR count). The van der Waals surface area contributed by atoms with Crippen molar-refractivity contribution in [2.75, 3.05) is 37.6 Å². The number of hydrogen-bond donors (Lipinski definition) is 1. The third-order valence-corrected chi connectivity index (χ3v) is 5.74. The van der Waals surface area contributed by atoms with Gasteiger partial charge in [-0.1, -0.05) is 15.9 Å². The number of pyridine rings is 1. The van der Waals surface area contributed by atoms with Crippen molar-refractivity contribution in [3.63, 3.8) is 0 Å². The number of anilines is 2. The van der Waals surface area contributed by atoms with E-state index >= 15 is 0 Å². The van der Waals surface area contributed by atoms with Crippen LogP contribution in [0.4, 0.5) is 11.4 Å². The lowest BCUT2D eigenvalue weighted by Gasteiger charge is -2.24. The van der Waals surface area contributed by atoms with Gasteiger partial charge in [0.1, 0.15) is 11.5 Å². The van der Waals surface area contributed by atoms with Gasteiger partial charge in [0.2, 0.25) is 17.7 Å². The van der Waals surface area contributed by atoms with E-state index in [2.05, 4.69) is 26.2 Å². The van der Waals surface area contributed by atoms with Gasteiger partial charge in [-0.05, 0) is 68.4 Å². The maximum absolute atomic E-state index is 13.0. The van der Waals surface area contributed by atoms with Gasteiger partial charge >= 0.3 is 0 Å². The molecule has 0 aliphatic heterocycles. The van der Waals surface area contributed by atoms with Crippen LogP contribution in [0.25, 0.3) is 11.3 Å². The average molecular weight is 556 g/mol. The highest BCUT2D eigenvalue weighted by molar-refractivity contribution is 9.10. The predicted molar refractivity (Wildman–Crippen MR) is 144 cm³/mol. The van der Waals surface area contributed by atoms with E-state index < -0.39 is 4.83 Å². The summed E-state index contributed by atoms with van der Waals surface area (Å²) in [6.45, 7) is 4.45. The molecule has 2 amide bonds. The number of carbonyl (C=O) groups excluding carboxylic acids is 2. The van der Waals surface area contributed by atoms with Gasteiger partial charge in [0.05, 0.1) is 37.0 Å². The van der Waals surface area contributed by atoms with E-state index in [0.717, 1.165) is 11.3 Å². The van der Waals surface area contributed by atoms with E-state index in [9.17, 15) is 9.59 Å². The number of methoxy groups -OCH3 is 2. The van der Waals surface area contributed by atoms with Crippen molar-refractivity contribution < 1.29 is 23.8 Å². The van der Waals surface area contributed by atoms with E-state index in [1.165, 1.54) is 7.11 Å². The van der Waals surface area contributed by atoms with Gasteiger partial charge in [0.25, 0.3) is 0 Å². The zero-order chi connectivity index (χ0) is 26.1. The molecule has 0 aliphatic carbocycles. The second-order valence-corrected chi connectivity index (χ2v) is 9.18. The lowest BCUT2D eigenvalue weighted by molar-refractivity contribution is -0.118. The fourth-order valence-corrected chi connectivity index (χ4v) is 3.77. The molecule has 3 aromatic rings. The molecular weight excluding hydrogens is 526 g/mol. The molecule has 0 bridgehead atoms. The van der Waals surface area contributed by atoms with Gasteiger partial charge in [0.15, 0.2) is 0 Å². The van der Waals surface area contributed by atoms with Crippen molar-refractivity contribution in [1.82, 2.24) is 4.98 Å². The maximum Gasteiger partial charge on any atom is 0.240 e. The first-order valence-corrected chi connectivity index (χ1v) is 12.5. The van der Waals surface area contributed by atoms with Crippen LogP contribution >= 0.6 is 15.9 Å². The van der Waals surface area contributed by atoms with Crippen LogP contribution in [0.15, 0.2) is 60.7 Å². The number of benzene rings is 2. The number of alkyl halides is 1. The smallest absolute Gasteiger partial charge is 0.240 e. The molecule has 2 aromatic carbocycles. The van der Waals surface area contributed by atoms with E-state index in [-0.39, 0.29) is 24.8 Å². The lowest BCUT2D eigenvalue weighted by atomic mass is 10.1. The van der Waals surface area contributed by atoms with Gasteiger partial charge in [-0.25, -0.2) is 4.98 Å². The van der Waals surface area contributed by atoms with Crippen molar-refractivity contribution in [1.29, 1.82) is 0 Å². The summed E-state index contributed by atoms with van der Waals surface area (Å²) in [6.07, 6.45) is 0.0895. The molecule has 1 aromatic heterocycles. The first kappa shape index (κ1) is 27.0. The summed E-state index contributed by atoms with van der Waals surface area (Å²) in [4.78, 5) is 31.5. The molecule has 1 heterocycles. The number of ether oxygens (including phenoxy) is 3. The van der Waals surface area contributed by atoms with Crippen LogP contribution in [-0.4, -0.2) is 49.0 Å². The van der Waals surface area contributed by atoms with Crippen LogP contribution in [0, 0.1) is 0 Å². The van der Waals surface area contributed by atoms with Crippen molar-refractivity contribution in [2.24, 2.45) is 0 Å². The number of nitrogens with zero attached hydrogens (tertiary/aromatic N) is 2. The summed E-state index contributed by atoms with van der Waals surface area (Å²) >= 11 is 3.34. The van der Waals surface area contributed by atoms with Crippen LogP contribution in [0.1, 0.15) is 20.3 Å². The predicted octanol–water partition coefficient (Wildman–Crippen LogP) is 5.31. The second kappa shape index (κ2) is 12.9. The second-order valence-electron chi connectivity index (χ2n) is 7.81. The number of halogens is 1. The largest absolute Gasteiger partial charge is 0.497 e. The Morgan fingerprint density at radius 1 is 0.972 bits per heavy atom. The monoisotopic (exact) mass is 555 g/mol. The Labute approximate surface area is 219 Å². The fraction of sp³-hybridized carbons (Fsp3) is 0.296. The summed E-state index contributed by atoms with van der Waals surface area (Å²) in [6, 6.07) is 18.0. The Morgan fingerprint density at radius 2 is 1.64 bits per heavy atom. The molecule has 0 radical (unpaired) electrons. The SMILES string of the molecule is CCOc1ccc(-c2nc(OC)ccc2NC(=O)CCN(C(=O)C(C)Br)c2ccc(OC)cc2)cc1. The summed E-state index contributed by atoms with van der Waals surface area (Å²) in [7, 11) is 3.12. The first-order valence-electron chi connectivity index (χ1n) is 11.5. The van der Waals surface area contributed by atoms with E-state index in [0.29, 0.717) is 35.3 Å². The van der Waals surface area contributed by atoms with Crippen molar-refractivity contribution in [3.05, 3.63) is 60.7 Å². The van der Waals surface area contributed by atoms with E-state index in [1.807, 2.05) is 31.2 Å². The van der Waals surface area contributed by atoms with E-state index in [1.54, 1.807) is 55.3 Å². The molecule has 1 atom stereocenters. The Bertz CT molecular complexity index is 1170. The minimum atomic E-state index is -0.403. The third-order valence-electron chi connectivity index (χ3n) is 5.34. The zero-order valence-corrected chi connectivity index (χ0v) is 22.4. The summed E-state index contributed by atoms with van der Waals surface area (Å²) in [5.41, 5.74) is 2.60. The minimum absolute atomic E-state index is 0.0895. The number of carbonyl (C=O) groups is 2. The molecule has 0 spiro atoms. The maximum atomic E-state index is 13.0. The van der Waals surface area contributed by atoms with Gasteiger partial charge in [-0.2, -0.15) is 0 Å². The molecule has 9 heteroatoms. The van der Waals surface area contributed by atoms with Crippen molar-refractivity contribution >= 4 is 39.1 Å². The third kappa shape index (κ3) is 6.97. The number of rotatable bonds is 11. The van der Waals surface area contributed by atoms with Crippen LogP contribution in [-0.2, 0) is 9.59 Å². The lowest BCUT2D eigenvalue weighted by Crippen LogP contribution is -2.37. The summed E-state index contributed by atoms with van der Waals surface area (Å²) in [5, 5.41) is 2.94. The quantitative estimate of drug-likeness (QED) is 0.322. The van der Waals surface area contributed by atoms with Crippen molar-refractivity contribution in [3.8, 4) is 28.6 Å². The number of amides is 2. The number of aromatic nitrogens is 1. The molecule has 190 valence electrons. The Morgan fingerprint density at radius 3 is 2.22 bits per heavy atom. The fourth-order valence-electron chi connectivity index (χ4n) is 3.52. The summed E-state index contributed by atoms with van der Waals surface area (Å²) < 4.78 is 16.0. The molecular formula is C27H30BrN3O5. The Kier molecular flexibility index (Phi) is 9.69. The molecule has 0 saturated heterocycles. The van der Waals surface area contributed by atoms with Crippen LogP contribution in [0.5, 0.6) is 17.4 Å². The van der Waals surface area contributed by atoms with E-state index in [4.69, 9.17) is 14.2 Å². The molecule has 1 N–H and O–H groups in total. The molecule has 0 saturated carbocycles. The Balaban J connectivity index is 1.78. The molecule has 36 heavy (non-hydrogen) atoms. The molecule has 1 unspecified atom stereocenters. The first-order chi connectivity index (χ1) is 17.4. The Hall–Kier alpha value is -3.59. The van der Waals surface area contributed by atoms with Gasteiger partial charge in [-0.3, -0.25) is 9.59 Å². The van der Waals surface area contributed by atoms with Gasteiger partial charge in [0, 0.05) is 30.3 Å². The number of nitrogens with one attached hydrogen (secondary N) is 1. The van der Waals surface area contributed by atoms with Gasteiger partial charge < -0.3 is 24.4 Å². The van der Waals surface area contributed by atoms with Gasteiger partial charge in [-0.15, -0.1) is 0 Å². The highest BCUT2D eigenvalue weighted by atomic mass is 79.9. The van der Waals surface area contributed by atoms with Crippen LogP contribution < -0.4 is 24.4 Å². The number of hydrogen-bond acceptors (Lipinski definition) is 6. The average Bonchev–Trinajstić information content (AvgIpc) is 2.90.